The number of carbonyl (C=O) groups is 1. The minimum atomic E-state index is -3.50. The first-order chi connectivity index (χ1) is 14.4. The van der Waals surface area contributed by atoms with Gasteiger partial charge in [0.2, 0.25) is 15.9 Å². The van der Waals surface area contributed by atoms with Crippen molar-refractivity contribution in [2.75, 3.05) is 19.1 Å². The summed E-state index contributed by atoms with van der Waals surface area (Å²) in [6, 6.07) is 14.2. The number of methoxy groups -OCH3 is 1. The highest BCUT2D eigenvalue weighted by Crippen LogP contribution is 2.22. The molecule has 3 rings (SSSR count). The lowest BCUT2D eigenvalue weighted by Crippen LogP contribution is -2.36. The molecule has 0 bridgehead atoms. The van der Waals surface area contributed by atoms with Gasteiger partial charge in [0.15, 0.2) is 0 Å². The maximum absolute atomic E-state index is 12.6. The van der Waals surface area contributed by atoms with Crippen LogP contribution in [0.2, 0.25) is 0 Å². The number of nitrogens with one attached hydrogen (secondary N) is 1. The molecule has 0 heterocycles. The van der Waals surface area contributed by atoms with E-state index in [4.69, 9.17) is 4.74 Å². The molecule has 0 atom stereocenters. The molecule has 1 aliphatic rings. The van der Waals surface area contributed by atoms with Crippen molar-refractivity contribution in [3.63, 3.8) is 0 Å². The molecule has 0 spiro atoms. The van der Waals surface area contributed by atoms with Crippen LogP contribution in [0.15, 0.2) is 53.4 Å². The molecule has 0 aromatic heterocycles. The van der Waals surface area contributed by atoms with Crippen molar-refractivity contribution in [1.29, 1.82) is 0 Å². The Bertz CT molecular complexity index is 951. The van der Waals surface area contributed by atoms with Crippen molar-refractivity contribution >= 4 is 21.6 Å². The lowest BCUT2D eigenvalue weighted by Gasteiger charge is -2.22. The summed E-state index contributed by atoms with van der Waals surface area (Å²) in [7, 11) is -0.169. The van der Waals surface area contributed by atoms with E-state index in [9.17, 15) is 13.2 Å². The maximum Gasteiger partial charge on any atom is 0.240 e. The molecule has 6 nitrogen and oxygen atoms in total. The fourth-order valence-corrected chi connectivity index (χ4v) is 5.03. The van der Waals surface area contributed by atoms with Crippen LogP contribution in [0.25, 0.3) is 0 Å². The van der Waals surface area contributed by atoms with E-state index in [0.29, 0.717) is 18.6 Å². The average Bonchev–Trinajstić information content (AvgIpc) is 2.77. The quantitative estimate of drug-likeness (QED) is 0.689. The number of ether oxygens (including phenoxy) is 1. The summed E-state index contributed by atoms with van der Waals surface area (Å²) in [5.41, 5.74) is 1.70. The van der Waals surface area contributed by atoms with E-state index in [1.807, 2.05) is 24.3 Å². The Morgan fingerprint density at radius 3 is 2.47 bits per heavy atom. The van der Waals surface area contributed by atoms with Gasteiger partial charge >= 0.3 is 0 Å². The van der Waals surface area contributed by atoms with Gasteiger partial charge in [0.1, 0.15) is 5.75 Å². The van der Waals surface area contributed by atoms with E-state index >= 15 is 0 Å². The monoisotopic (exact) mass is 430 g/mol. The van der Waals surface area contributed by atoms with Gasteiger partial charge < -0.3 is 9.64 Å². The van der Waals surface area contributed by atoms with Crippen molar-refractivity contribution in [2.45, 2.75) is 55.9 Å². The van der Waals surface area contributed by atoms with Gasteiger partial charge in [-0.2, -0.15) is 0 Å². The summed E-state index contributed by atoms with van der Waals surface area (Å²) in [6.45, 7) is 0. The summed E-state index contributed by atoms with van der Waals surface area (Å²) in [6.07, 6.45) is 6.01. The molecule has 1 aliphatic carbocycles. The summed E-state index contributed by atoms with van der Waals surface area (Å²) < 4.78 is 33.2. The van der Waals surface area contributed by atoms with Crippen molar-refractivity contribution in [3.05, 3.63) is 54.1 Å². The number of anilines is 1. The van der Waals surface area contributed by atoms with E-state index in [1.54, 1.807) is 43.3 Å². The topological polar surface area (TPSA) is 75.7 Å². The molecule has 7 heteroatoms. The van der Waals surface area contributed by atoms with Crippen molar-refractivity contribution < 1.29 is 17.9 Å². The molecule has 1 saturated carbocycles. The minimum Gasteiger partial charge on any atom is -0.497 e. The second kappa shape index (κ2) is 10.1. The van der Waals surface area contributed by atoms with Crippen molar-refractivity contribution in [2.24, 2.45) is 0 Å². The highest BCUT2D eigenvalue weighted by Gasteiger charge is 2.21. The third kappa shape index (κ3) is 5.83. The number of nitrogens with zero attached hydrogens (tertiary/aromatic N) is 1. The number of hydrogen-bond acceptors (Lipinski definition) is 4. The first kappa shape index (κ1) is 22.3. The van der Waals surface area contributed by atoms with Crippen LogP contribution >= 0.6 is 0 Å². The zero-order valence-corrected chi connectivity index (χ0v) is 18.5. The predicted molar refractivity (Wildman–Crippen MR) is 118 cm³/mol. The molecule has 1 fully saturated rings. The van der Waals surface area contributed by atoms with Gasteiger partial charge in [0.25, 0.3) is 0 Å². The summed E-state index contributed by atoms with van der Waals surface area (Å²) in [4.78, 5) is 14.4. The third-order valence-electron chi connectivity index (χ3n) is 5.60. The van der Waals surface area contributed by atoms with Gasteiger partial charge in [-0.25, -0.2) is 13.1 Å². The smallest absolute Gasteiger partial charge is 0.240 e. The molecule has 0 unspecified atom stereocenters. The highest BCUT2D eigenvalue weighted by atomic mass is 32.2. The van der Waals surface area contributed by atoms with Crippen molar-refractivity contribution in [1.82, 2.24) is 4.72 Å². The van der Waals surface area contributed by atoms with Crippen LogP contribution in [0, 0.1) is 0 Å². The SMILES string of the molecule is COc1cccc(N(C)C(=O)CCc2ccc(S(=O)(=O)NC3CCCCC3)cc2)c1. The van der Waals surface area contributed by atoms with Crippen LogP contribution in [0.4, 0.5) is 5.69 Å². The molecular weight excluding hydrogens is 400 g/mol. The lowest BCUT2D eigenvalue weighted by atomic mass is 9.96. The van der Waals surface area contributed by atoms with E-state index in [0.717, 1.165) is 36.9 Å². The fraction of sp³-hybridized carbons (Fsp3) is 0.435. The Balaban J connectivity index is 1.56. The number of hydrogen-bond donors (Lipinski definition) is 1. The molecule has 1 amide bonds. The number of carbonyl (C=O) groups excluding carboxylic acids is 1. The maximum atomic E-state index is 12.6. The second-order valence-electron chi connectivity index (χ2n) is 7.75. The number of amides is 1. The molecule has 0 radical (unpaired) electrons. The minimum absolute atomic E-state index is 0.0149. The van der Waals surface area contributed by atoms with E-state index in [-0.39, 0.29) is 16.8 Å². The van der Waals surface area contributed by atoms with Crippen LogP contribution < -0.4 is 14.4 Å². The van der Waals surface area contributed by atoms with Gasteiger partial charge in [-0.05, 0) is 49.1 Å². The molecule has 162 valence electrons. The first-order valence-corrected chi connectivity index (χ1v) is 11.9. The van der Waals surface area contributed by atoms with Gasteiger partial charge in [0, 0.05) is 31.3 Å². The Labute approximate surface area is 179 Å². The Morgan fingerprint density at radius 1 is 1.10 bits per heavy atom. The fourth-order valence-electron chi connectivity index (χ4n) is 3.73. The Morgan fingerprint density at radius 2 is 1.80 bits per heavy atom. The van der Waals surface area contributed by atoms with E-state index < -0.39 is 10.0 Å². The summed E-state index contributed by atoms with van der Waals surface area (Å²) in [5.74, 6) is 0.685. The Kier molecular flexibility index (Phi) is 7.50. The van der Waals surface area contributed by atoms with Crippen LogP contribution in [0.5, 0.6) is 5.75 Å². The number of benzene rings is 2. The molecule has 2 aromatic carbocycles. The predicted octanol–water partition coefficient (Wildman–Crippen LogP) is 3.90. The number of sulfonamides is 1. The number of aryl methyl sites for hydroxylation is 1. The lowest BCUT2D eigenvalue weighted by molar-refractivity contribution is -0.118. The molecule has 0 aliphatic heterocycles. The van der Waals surface area contributed by atoms with E-state index in [1.165, 1.54) is 6.42 Å². The second-order valence-corrected chi connectivity index (χ2v) is 9.47. The normalized spacial score (nSPS) is 15.0. The molecule has 0 saturated heterocycles. The molecular formula is C23H30N2O4S. The Hall–Kier alpha value is -2.38. The first-order valence-electron chi connectivity index (χ1n) is 10.4. The van der Waals surface area contributed by atoms with Gasteiger partial charge in [0.05, 0.1) is 12.0 Å². The largest absolute Gasteiger partial charge is 0.497 e. The average molecular weight is 431 g/mol. The van der Waals surface area contributed by atoms with Gasteiger partial charge in [-0.3, -0.25) is 4.79 Å². The molecule has 30 heavy (non-hydrogen) atoms. The molecule has 1 N–H and O–H groups in total. The summed E-state index contributed by atoms with van der Waals surface area (Å²) >= 11 is 0. The zero-order valence-electron chi connectivity index (χ0n) is 17.6. The molecule has 2 aromatic rings. The van der Waals surface area contributed by atoms with Crippen LogP contribution in [0.3, 0.4) is 0 Å². The van der Waals surface area contributed by atoms with E-state index in [2.05, 4.69) is 4.72 Å². The van der Waals surface area contributed by atoms with Gasteiger partial charge in [-0.15, -0.1) is 0 Å². The van der Waals surface area contributed by atoms with Gasteiger partial charge in [-0.1, -0.05) is 37.5 Å². The summed E-state index contributed by atoms with van der Waals surface area (Å²) in [5, 5.41) is 0. The zero-order chi connectivity index (χ0) is 21.6. The van der Waals surface area contributed by atoms with Crippen molar-refractivity contribution in [3.8, 4) is 5.75 Å². The number of rotatable bonds is 8. The van der Waals surface area contributed by atoms with Crippen LogP contribution in [-0.2, 0) is 21.2 Å². The van der Waals surface area contributed by atoms with Crippen LogP contribution in [0.1, 0.15) is 44.1 Å². The highest BCUT2D eigenvalue weighted by molar-refractivity contribution is 7.89. The van der Waals surface area contributed by atoms with Crippen LogP contribution in [-0.4, -0.2) is 34.5 Å². The third-order valence-corrected chi connectivity index (χ3v) is 7.14. The standard InChI is InChI=1S/C23H30N2O4S/c1-25(20-9-6-10-21(17-20)29-2)23(26)16-13-18-11-14-22(15-12-18)30(27,28)24-19-7-4-3-5-8-19/h6,9-12,14-15,17,19,24H,3-5,7-8,13,16H2,1-2H3.